The predicted octanol–water partition coefficient (Wildman–Crippen LogP) is 6.16. The Labute approximate surface area is 292 Å². The third-order valence-electron chi connectivity index (χ3n) is 7.18. The standard InChI is InChI=1S/C34H32BrIN2O7S/c1-6-43-30-23(9-8-10-25(30)41-4)29-28(33(40)44-7-2)19(3)37-34-38(29)32(39)27(46-34)17-21-15-24(36)31(26(16-21)42-5)45-18-20-11-13-22(35)14-12-20/h8-17,29H,6-7,18H2,1-5H3/b27-17+/t29-/m1/s1. The molecule has 0 amide bonds. The Kier molecular flexibility index (Phi) is 10.9. The highest BCUT2D eigenvalue weighted by atomic mass is 127. The van der Waals surface area contributed by atoms with E-state index in [1.165, 1.54) is 15.9 Å². The first-order valence-electron chi connectivity index (χ1n) is 14.4. The molecular formula is C34H32BrIN2O7S. The number of ether oxygens (including phenoxy) is 5. The molecule has 12 heteroatoms. The van der Waals surface area contributed by atoms with E-state index < -0.39 is 12.0 Å². The molecule has 0 spiro atoms. The van der Waals surface area contributed by atoms with E-state index in [0.29, 0.717) is 56.8 Å². The second kappa shape index (κ2) is 14.9. The second-order valence-electron chi connectivity index (χ2n) is 10.1. The lowest BCUT2D eigenvalue weighted by atomic mass is 9.94. The molecule has 46 heavy (non-hydrogen) atoms. The van der Waals surface area contributed by atoms with E-state index in [9.17, 15) is 9.59 Å². The van der Waals surface area contributed by atoms with Gasteiger partial charge in [-0.1, -0.05) is 51.5 Å². The minimum absolute atomic E-state index is 0.173. The van der Waals surface area contributed by atoms with Crippen molar-refractivity contribution in [2.75, 3.05) is 27.4 Å². The minimum atomic E-state index is -0.849. The van der Waals surface area contributed by atoms with Crippen molar-refractivity contribution >= 4 is 61.9 Å². The van der Waals surface area contributed by atoms with Gasteiger partial charge in [-0.25, -0.2) is 9.79 Å². The summed E-state index contributed by atoms with van der Waals surface area (Å²) in [6.45, 7) is 6.25. The monoisotopic (exact) mass is 818 g/mol. The fourth-order valence-electron chi connectivity index (χ4n) is 5.14. The molecule has 0 bridgehead atoms. The summed E-state index contributed by atoms with van der Waals surface area (Å²) in [4.78, 5) is 32.7. The lowest BCUT2D eigenvalue weighted by molar-refractivity contribution is -0.139. The zero-order valence-corrected chi connectivity index (χ0v) is 30.4. The lowest BCUT2D eigenvalue weighted by Gasteiger charge is -2.26. The molecule has 2 heterocycles. The number of aromatic nitrogens is 1. The Morgan fingerprint density at radius 3 is 2.43 bits per heavy atom. The number of carbonyl (C=O) groups is 1. The van der Waals surface area contributed by atoms with Crippen molar-refractivity contribution in [3.63, 3.8) is 0 Å². The van der Waals surface area contributed by atoms with Crippen LogP contribution >= 0.6 is 49.9 Å². The van der Waals surface area contributed by atoms with Crippen LogP contribution < -0.4 is 33.8 Å². The van der Waals surface area contributed by atoms with E-state index in [4.69, 9.17) is 28.7 Å². The van der Waals surface area contributed by atoms with Gasteiger partial charge in [0.1, 0.15) is 12.6 Å². The highest BCUT2D eigenvalue weighted by Crippen LogP contribution is 2.41. The third kappa shape index (κ3) is 6.88. The molecule has 0 radical (unpaired) electrons. The summed E-state index contributed by atoms with van der Waals surface area (Å²) in [5.41, 5.74) is 2.77. The summed E-state index contributed by atoms with van der Waals surface area (Å²) in [6, 6.07) is 16.2. The molecule has 9 nitrogen and oxygen atoms in total. The van der Waals surface area contributed by atoms with Gasteiger partial charge in [0, 0.05) is 10.0 Å². The molecule has 1 atom stereocenters. The number of halogens is 2. The first-order chi connectivity index (χ1) is 22.2. The smallest absolute Gasteiger partial charge is 0.338 e. The number of thiazole rings is 1. The zero-order chi connectivity index (χ0) is 33.0. The second-order valence-corrected chi connectivity index (χ2v) is 13.2. The number of carbonyl (C=O) groups excluding carboxylic acids is 1. The fourth-order valence-corrected chi connectivity index (χ4v) is 7.24. The van der Waals surface area contributed by atoms with E-state index in [-0.39, 0.29) is 17.7 Å². The van der Waals surface area contributed by atoms with E-state index in [2.05, 4.69) is 38.5 Å². The highest BCUT2D eigenvalue weighted by molar-refractivity contribution is 14.1. The maximum atomic E-state index is 14.2. The van der Waals surface area contributed by atoms with Gasteiger partial charge in [-0.3, -0.25) is 9.36 Å². The van der Waals surface area contributed by atoms with Gasteiger partial charge in [0.2, 0.25) is 0 Å². The lowest BCUT2D eigenvalue weighted by Crippen LogP contribution is -2.40. The number of rotatable bonds is 11. The molecule has 4 aromatic rings. The molecule has 1 aliphatic rings. The van der Waals surface area contributed by atoms with Gasteiger partial charge in [-0.2, -0.15) is 0 Å². The first-order valence-corrected chi connectivity index (χ1v) is 17.1. The summed E-state index contributed by atoms with van der Waals surface area (Å²) >= 11 is 6.90. The molecule has 0 saturated carbocycles. The van der Waals surface area contributed by atoms with Crippen molar-refractivity contribution in [2.45, 2.75) is 33.4 Å². The number of esters is 1. The van der Waals surface area contributed by atoms with Crippen LogP contribution in [0.3, 0.4) is 0 Å². The van der Waals surface area contributed by atoms with Crippen molar-refractivity contribution < 1.29 is 28.5 Å². The van der Waals surface area contributed by atoms with Crippen LogP contribution in [0.15, 0.2) is 80.1 Å². The number of nitrogens with zero attached hydrogens (tertiary/aromatic N) is 2. The van der Waals surface area contributed by atoms with Gasteiger partial charge in [-0.05, 0) is 90.9 Å². The van der Waals surface area contributed by atoms with Crippen molar-refractivity contribution in [1.82, 2.24) is 4.57 Å². The first kappa shape index (κ1) is 33.7. The third-order valence-corrected chi connectivity index (χ3v) is 9.49. The number of hydrogen-bond donors (Lipinski definition) is 0. The van der Waals surface area contributed by atoms with Crippen molar-refractivity contribution in [3.05, 3.63) is 110 Å². The highest BCUT2D eigenvalue weighted by Gasteiger charge is 2.36. The van der Waals surface area contributed by atoms with Crippen molar-refractivity contribution in [2.24, 2.45) is 4.99 Å². The molecule has 3 aromatic carbocycles. The largest absolute Gasteiger partial charge is 0.493 e. The molecule has 0 unspecified atom stereocenters. The quantitative estimate of drug-likeness (QED) is 0.132. The number of benzene rings is 3. The van der Waals surface area contributed by atoms with E-state index in [1.807, 2.05) is 49.4 Å². The number of para-hydroxylation sites is 1. The number of hydrogen-bond acceptors (Lipinski definition) is 9. The fraction of sp³-hybridized carbons (Fsp3) is 0.265. The molecule has 5 rings (SSSR count). The van der Waals surface area contributed by atoms with Gasteiger partial charge in [-0.15, -0.1) is 0 Å². The Hall–Kier alpha value is -3.62. The number of fused-ring (bicyclic) bond motifs is 1. The molecular weight excluding hydrogens is 787 g/mol. The Bertz CT molecular complexity index is 1990. The Balaban J connectivity index is 1.62. The summed E-state index contributed by atoms with van der Waals surface area (Å²) in [7, 11) is 3.13. The van der Waals surface area contributed by atoms with E-state index in [0.717, 1.165) is 19.2 Å². The minimum Gasteiger partial charge on any atom is -0.493 e. The zero-order valence-electron chi connectivity index (χ0n) is 25.9. The predicted molar refractivity (Wildman–Crippen MR) is 189 cm³/mol. The van der Waals surface area contributed by atoms with E-state index in [1.54, 1.807) is 46.3 Å². The number of allylic oxidation sites excluding steroid dienone is 1. The van der Waals surface area contributed by atoms with Crippen LogP contribution in [-0.4, -0.2) is 38.0 Å². The van der Waals surface area contributed by atoms with Crippen LogP contribution in [0.1, 0.15) is 43.5 Å². The normalized spacial score (nSPS) is 14.4. The van der Waals surface area contributed by atoms with Crippen LogP contribution in [0.2, 0.25) is 0 Å². The Morgan fingerprint density at radius 2 is 1.76 bits per heavy atom. The molecule has 0 aliphatic carbocycles. The van der Waals surface area contributed by atoms with Gasteiger partial charge in [0.05, 0.1) is 46.8 Å². The Morgan fingerprint density at radius 1 is 1.02 bits per heavy atom. The number of methoxy groups -OCH3 is 2. The van der Waals surface area contributed by atoms with E-state index >= 15 is 0 Å². The average Bonchev–Trinajstić information content (AvgIpc) is 3.34. The maximum absolute atomic E-state index is 14.2. The van der Waals surface area contributed by atoms with Crippen molar-refractivity contribution in [3.8, 4) is 23.0 Å². The molecule has 1 aromatic heterocycles. The molecule has 0 N–H and O–H groups in total. The topological polar surface area (TPSA) is 97.6 Å². The summed E-state index contributed by atoms with van der Waals surface area (Å²) in [5, 5.41) is 0. The molecule has 0 saturated heterocycles. The van der Waals surface area contributed by atoms with Crippen LogP contribution in [0.4, 0.5) is 0 Å². The van der Waals surface area contributed by atoms with Crippen molar-refractivity contribution in [1.29, 1.82) is 0 Å². The van der Waals surface area contributed by atoms with Gasteiger partial charge < -0.3 is 23.7 Å². The van der Waals surface area contributed by atoms with Crippen LogP contribution in [0.5, 0.6) is 23.0 Å². The summed E-state index contributed by atoms with van der Waals surface area (Å²) < 4.78 is 32.7. The van der Waals surface area contributed by atoms with Gasteiger partial charge in [0.25, 0.3) is 5.56 Å². The van der Waals surface area contributed by atoms with Crippen LogP contribution in [0, 0.1) is 3.57 Å². The molecule has 240 valence electrons. The maximum Gasteiger partial charge on any atom is 0.338 e. The van der Waals surface area contributed by atoms with Gasteiger partial charge >= 0.3 is 5.97 Å². The van der Waals surface area contributed by atoms with Crippen LogP contribution in [0.25, 0.3) is 6.08 Å². The summed E-state index contributed by atoms with van der Waals surface area (Å²) in [5.74, 6) is 1.54. The SMILES string of the molecule is CCOC(=O)C1=C(C)N=c2s/c(=C/c3cc(I)c(OCc4ccc(Br)cc4)c(OC)c3)c(=O)n2[C@@H]1c1cccc(OC)c1OCC. The average molecular weight is 820 g/mol. The summed E-state index contributed by atoms with van der Waals surface area (Å²) in [6.07, 6.45) is 1.79. The molecule has 1 aliphatic heterocycles. The molecule has 0 fully saturated rings. The van der Waals surface area contributed by atoms with Gasteiger partial charge in [0.15, 0.2) is 27.8 Å². The van der Waals surface area contributed by atoms with Crippen LogP contribution in [-0.2, 0) is 16.1 Å².